The minimum absolute atomic E-state index is 0.000513. The van der Waals surface area contributed by atoms with Crippen molar-refractivity contribution in [3.63, 3.8) is 0 Å². The maximum atomic E-state index is 13.4. The predicted molar refractivity (Wildman–Crippen MR) is 144 cm³/mol. The molecule has 2 amide bonds. The Hall–Kier alpha value is -2.77. The first-order valence-corrected chi connectivity index (χ1v) is 14.3. The zero-order valence-electron chi connectivity index (χ0n) is 20.9. The maximum absolute atomic E-state index is 13.4. The van der Waals surface area contributed by atoms with Crippen LogP contribution in [0.2, 0.25) is 0 Å². The fraction of sp³-hybridized carbons (Fsp3) is 0.400. The quantitative estimate of drug-likeness (QED) is 0.514. The van der Waals surface area contributed by atoms with Crippen LogP contribution in [0, 0.1) is 0 Å². The lowest BCUT2D eigenvalue weighted by molar-refractivity contribution is -0.128. The molecule has 4 rings (SSSR count). The van der Waals surface area contributed by atoms with Crippen LogP contribution in [0.4, 0.5) is 11.4 Å². The summed E-state index contributed by atoms with van der Waals surface area (Å²) in [5.74, 6) is -0.442. The lowest BCUT2D eigenvalue weighted by Gasteiger charge is -2.28. The van der Waals surface area contributed by atoms with E-state index in [0.29, 0.717) is 42.8 Å². The Bertz CT molecular complexity index is 1250. The highest BCUT2D eigenvalue weighted by Gasteiger charge is 2.39. The molecule has 2 aliphatic rings. The minimum atomic E-state index is -3.63. The summed E-state index contributed by atoms with van der Waals surface area (Å²) in [6.45, 7) is 3.94. The monoisotopic (exact) mass is 545 g/mol. The average Bonchev–Trinajstić information content (AvgIpc) is 3.17. The number of sulfonamides is 1. The van der Waals surface area contributed by atoms with Gasteiger partial charge in [-0.05, 0) is 30.3 Å². The van der Waals surface area contributed by atoms with Crippen molar-refractivity contribution < 1.29 is 22.7 Å². The van der Waals surface area contributed by atoms with E-state index in [1.165, 1.54) is 38.0 Å². The first-order valence-electron chi connectivity index (χ1n) is 12.0. The van der Waals surface area contributed by atoms with Crippen LogP contribution in [0.25, 0.3) is 0 Å². The summed E-state index contributed by atoms with van der Waals surface area (Å²) >= 11 is 1.23. The minimum Gasteiger partial charge on any atom is -0.379 e. The number of para-hydroxylation sites is 1. The summed E-state index contributed by atoms with van der Waals surface area (Å²) < 4.78 is 31.7. The van der Waals surface area contributed by atoms with E-state index in [-0.39, 0.29) is 23.1 Å². The Labute approximate surface area is 221 Å². The summed E-state index contributed by atoms with van der Waals surface area (Å²) in [5.41, 5.74) is 1.09. The van der Waals surface area contributed by atoms with E-state index in [1.807, 2.05) is 18.2 Å². The summed E-state index contributed by atoms with van der Waals surface area (Å²) in [7, 11) is -0.693. The molecule has 1 N–H and O–H groups in total. The van der Waals surface area contributed by atoms with Gasteiger partial charge in [0, 0.05) is 52.4 Å². The zero-order valence-corrected chi connectivity index (χ0v) is 22.5. The highest BCUT2D eigenvalue weighted by Crippen LogP contribution is 2.32. The van der Waals surface area contributed by atoms with Gasteiger partial charge in [0.1, 0.15) is 5.25 Å². The van der Waals surface area contributed by atoms with Crippen molar-refractivity contribution in [1.82, 2.24) is 14.1 Å². The molecule has 0 radical (unpaired) electrons. The van der Waals surface area contributed by atoms with Crippen LogP contribution >= 0.6 is 11.8 Å². The molecular weight excluding hydrogens is 514 g/mol. The summed E-state index contributed by atoms with van der Waals surface area (Å²) in [6.07, 6.45) is 0.000513. The molecular formula is C25H31N5O5S2. The second-order valence-corrected chi connectivity index (χ2v) is 12.2. The fourth-order valence-electron chi connectivity index (χ4n) is 3.93. The normalized spacial score (nSPS) is 20.1. The molecule has 0 aromatic heterocycles. The molecule has 2 saturated heterocycles. The number of amides is 2. The van der Waals surface area contributed by atoms with Crippen LogP contribution in [-0.2, 0) is 24.3 Å². The average molecular weight is 546 g/mol. The highest BCUT2D eigenvalue weighted by molar-refractivity contribution is 8.15. The van der Waals surface area contributed by atoms with E-state index in [9.17, 15) is 18.0 Å². The van der Waals surface area contributed by atoms with E-state index >= 15 is 0 Å². The highest BCUT2D eigenvalue weighted by atomic mass is 32.2. The second-order valence-electron chi connectivity index (χ2n) is 8.85. The van der Waals surface area contributed by atoms with Gasteiger partial charge in [0.25, 0.3) is 0 Å². The van der Waals surface area contributed by atoms with E-state index < -0.39 is 15.3 Å². The van der Waals surface area contributed by atoms with Gasteiger partial charge in [0.2, 0.25) is 21.8 Å². The molecule has 0 bridgehead atoms. The van der Waals surface area contributed by atoms with Crippen LogP contribution in [0.1, 0.15) is 6.42 Å². The van der Waals surface area contributed by atoms with Gasteiger partial charge in [0.15, 0.2) is 5.17 Å². The third-order valence-corrected chi connectivity index (χ3v) is 9.00. The Balaban J connectivity index is 1.54. The number of morpholine rings is 1. The van der Waals surface area contributed by atoms with Gasteiger partial charge in [-0.15, -0.1) is 0 Å². The number of rotatable bonds is 9. The molecule has 10 nitrogen and oxygen atoms in total. The standard InChI is InChI=1S/C25H31N5O5S2/c1-28(2)37(33,34)21-10-6-9-20(17-21)27-25-30(12-11-29-13-15-35-16-14-29)24(32)22(36-25)18-23(31)26-19-7-4-3-5-8-19/h3-10,17,22H,11-16,18H2,1-2H3,(H,26,31)/t22-/m1/s1. The Morgan fingerprint density at radius 1 is 1.11 bits per heavy atom. The van der Waals surface area contributed by atoms with Crippen molar-refractivity contribution in [2.45, 2.75) is 16.6 Å². The first kappa shape index (κ1) is 27.3. The van der Waals surface area contributed by atoms with Crippen LogP contribution in [-0.4, -0.2) is 98.2 Å². The maximum Gasteiger partial charge on any atom is 0.242 e. The number of thioether (sulfide) groups is 1. The van der Waals surface area contributed by atoms with E-state index in [2.05, 4.69) is 15.2 Å². The molecule has 2 aliphatic heterocycles. The smallest absolute Gasteiger partial charge is 0.242 e. The number of hydrogen-bond donors (Lipinski definition) is 1. The number of nitrogens with zero attached hydrogens (tertiary/aromatic N) is 4. The molecule has 2 aromatic rings. The van der Waals surface area contributed by atoms with Gasteiger partial charge in [-0.25, -0.2) is 17.7 Å². The number of carbonyl (C=O) groups is 2. The second kappa shape index (κ2) is 12.2. The van der Waals surface area contributed by atoms with Gasteiger partial charge >= 0.3 is 0 Å². The molecule has 2 fully saturated rings. The molecule has 0 saturated carbocycles. The van der Waals surface area contributed by atoms with Crippen LogP contribution in [0.15, 0.2) is 64.5 Å². The Morgan fingerprint density at radius 2 is 1.84 bits per heavy atom. The molecule has 0 spiro atoms. The van der Waals surface area contributed by atoms with E-state index in [0.717, 1.165) is 17.4 Å². The van der Waals surface area contributed by atoms with E-state index in [4.69, 9.17) is 4.74 Å². The number of amidine groups is 1. The third kappa shape index (κ3) is 6.96. The molecule has 2 aromatic carbocycles. The lowest BCUT2D eigenvalue weighted by Crippen LogP contribution is -2.43. The van der Waals surface area contributed by atoms with Crippen molar-refractivity contribution in [3.05, 3.63) is 54.6 Å². The van der Waals surface area contributed by atoms with Gasteiger partial charge in [-0.2, -0.15) is 0 Å². The van der Waals surface area contributed by atoms with Crippen molar-refractivity contribution in [3.8, 4) is 0 Å². The largest absolute Gasteiger partial charge is 0.379 e. The first-order chi connectivity index (χ1) is 17.7. The van der Waals surface area contributed by atoms with Crippen molar-refractivity contribution in [2.24, 2.45) is 4.99 Å². The van der Waals surface area contributed by atoms with Gasteiger partial charge in [-0.1, -0.05) is 36.0 Å². The number of nitrogens with one attached hydrogen (secondary N) is 1. The zero-order chi connectivity index (χ0) is 26.4. The van der Waals surface area contributed by atoms with Gasteiger partial charge in [-0.3, -0.25) is 19.4 Å². The number of aliphatic imine (C=N–C) groups is 1. The van der Waals surface area contributed by atoms with E-state index in [1.54, 1.807) is 29.2 Å². The van der Waals surface area contributed by atoms with Crippen LogP contribution in [0.3, 0.4) is 0 Å². The number of carbonyl (C=O) groups excluding carboxylic acids is 2. The molecule has 0 unspecified atom stereocenters. The lowest BCUT2D eigenvalue weighted by atomic mass is 10.2. The number of anilines is 1. The van der Waals surface area contributed by atoms with Crippen molar-refractivity contribution in [2.75, 3.05) is 58.8 Å². The van der Waals surface area contributed by atoms with Crippen molar-refractivity contribution in [1.29, 1.82) is 0 Å². The summed E-state index contributed by atoms with van der Waals surface area (Å²) in [5, 5.41) is 2.66. The Morgan fingerprint density at radius 3 is 2.54 bits per heavy atom. The molecule has 198 valence electrons. The molecule has 0 aliphatic carbocycles. The Kier molecular flexibility index (Phi) is 8.98. The fourth-order valence-corrected chi connectivity index (χ4v) is 6.06. The van der Waals surface area contributed by atoms with Crippen LogP contribution in [0.5, 0.6) is 0 Å². The predicted octanol–water partition coefficient (Wildman–Crippen LogP) is 2.23. The number of benzene rings is 2. The third-order valence-electron chi connectivity index (χ3n) is 6.01. The van der Waals surface area contributed by atoms with Gasteiger partial charge < -0.3 is 10.1 Å². The molecule has 2 heterocycles. The van der Waals surface area contributed by atoms with Gasteiger partial charge in [0.05, 0.1) is 23.8 Å². The molecule has 1 atom stereocenters. The van der Waals surface area contributed by atoms with Crippen molar-refractivity contribution >= 4 is 50.1 Å². The SMILES string of the molecule is CN(C)S(=O)(=O)c1cccc(N=C2S[C@H](CC(=O)Nc3ccccc3)C(=O)N2CCN2CCOCC2)c1. The summed E-state index contributed by atoms with van der Waals surface area (Å²) in [6, 6.07) is 15.4. The number of ether oxygens (including phenoxy) is 1. The molecule has 37 heavy (non-hydrogen) atoms. The number of hydrogen-bond acceptors (Lipinski definition) is 8. The van der Waals surface area contributed by atoms with Crippen LogP contribution < -0.4 is 5.32 Å². The topological polar surface area (TPSA) is 112 Å². The summed E-state index contributed by atoms with van der Waals surface area (Å²) in [4.78, 5) is 34.7. The molecule has 12 heteroatoms.